The minimum Gasteiger partial charge on any atom is -0.377 e. The second-order valence-corrected chi connectivity index (χ2v) is 4.64. The normalized spacial score (nSPS) is 21.6. The maximum absolute atomic E-state index is 11.7. The van der Waals surface area contributed by atoms with Gasteiger partial charge in [0.05, 0.1) is 18.8 Å². The van der Waals surface area contributed by atoms with Crippen molar-refractivity contribution in [3.63, 3.8) is 0 Å². The van der Waals surface area contributed by atoms with Crippen molar-refractivity contribution in [1.82, 2.24) is 4.90 Å². The molecule has 0 atom stereocenters. The van der Waals surface area contributed by atoms with Crippen LogP contribution in [0.5, 0.6) is 0 Å². The molecule has 1 fully saturated rings. The number of alkyl halides is 1. The lowest BCUT2D eigenvalue weighted by molar-refractivity contribution is -0.145. The van der Waals surface area contributed by atoms with Crippen LogP contribution in [0.3, 0.4) is 0 Å². The maximum Gasteiger partial charge on any atom is 0.224 e. The molecule has 0 radical (unpaired) electrons. The fourth-order valence-electron chi connectivity index (χ4n) is 1.54. The average molecular weight is 250 g/mol. The largest absolute Gasteiger partial charge is 0.377 e. The summed E-state index contributed by atoms with van der Waals surface area (Å²) in [6.07, 6.45) is 0.573. The molecule has 1 amide bonds. The van der Waals surface area contributed by atoms with Crippen LogP contribution in [0.15, 0.2) is 0 Å². The lowest BCUT2D eigenvalue weighted by Gasteiger charge is -2.42. The second-order valence-electron chi connectivity index (χ2n) is 3.85. The number of carbonyl (C=O) groups is 1. The molecule has 0 aromatic heterocycles. The summed E-state index contributed by atoms with van der Waals surface area (Å²) in [6, 6.07) is 0. The molecule has 0 aromatic carbocycles. The standard InChI is InChI=1S/C9H16BrNO2/c1-9(2)7-13-6-5-11(9)8(12)3-4-10/h3-7H2,1-2H3. The molecule has 3 nitrogen and oxygen atoms in total. The van der Waals surface area contributed by atoms with Gasteiger partial charge in [0.25, 0.3) is 0 Å². The van der Waals surface area contributed by atoms with Gasteiger partial charge in [-0.2, -0.15) is 0 Å². The van der Waals surface area contributed by atoms with Gasteiger partial charge in [-0.05, 0) is 13.8 Å². The van der Waals surface area contributed by atoms with E-state index < -0.39 is 0 Å². The third kappa shape index (κ3) is 2.68. The summed E-state index contributed by atoms with van der Waals surface area (Å²) in [5.74, 6) is 0.213. The Morgan fingerprint density at radius 1 is 1.62 bits per heavy atom. The first kappa shape index (κ1) is 11.0. The molecule has 1 aliphatic heterocycles. The van der Waals surface area contributed by atoms with Crippen molar-refractivity contribution in [3.05, 3.63) is 0 Å². The number of hydrogen-bond donors (Lipinski definition) is 0. The van der Waals surface area contributed by atoms with Crippen LogP contribution in [0.4, 0.5) is 0 Å². The van der Waals surface area contributed by atoms with Crippen molar-refractivity contribution >= 4 is 21.8 Å². The number of nitrogens with zero attached hydrogens (tertiary/aromatic N) is 1. The van der Waals surface area contributed by atoms with Crippen LogP contribution >= 0.6 is 15.9 Å². The highest BCUT2D eigenvalue weighted by Crippen LogP contribution is 2.19. The first-order valence-electron chi connectivity index (χ1n) is 4.52. The Morgan fingerprint density at radius 3 is 2.85 bits per heavy atom. The van der Waals surface area contributed by atoms with E-state index >= 15 is 0 Å². The Balaban J connectivity index is 2.59. The van der Waals surface area contributed by atoms with Gasteiger partial charge in [-0.25, -0.2) is 0 Å². The number of hydrogen-bond acceptors (Lipinski definition) is 2. The molecule has 0 aromatic rings. The van der Waals surface area contributed by atoms with Gasteiger partial charge in [0.1, 0.15) is 0 Å². The molecule has 0 unspecified atom stereocenters. The Kier molecular flexibility index (Phi) is 3.74. The van der Waals surface area contributed by atoms with Crippen LogP contribution < -0.4 is 0 Å². The van der Waals surface area contributed by atoms with Crippen molar-refractivity contribution in [2.24, 2.45) is 0 Å². The summed E-state index contributed by atoms with van der Waals surface area (Å²) in [4.78, 5) is 13.6. The van der Waals surface area contributed by atoms with Crippen molar-refractivity contribution in [3.8, 4) is 0 Å². The topological polar surface area (TPSA) is 29.5 Å². The van der Waals surface area contributed by atoms with Crippen LogP contribution in [0.25, 0.3) is 0 Å². The first-order valence-corrected chi connectivity index (χ1v) is 5.64. The van der Waals surface area contributed by atoms with Gasteiger partial charge in [0, 0.05) is 18.3 Å². The predicted octanol–water partition coefficient (Wildman–Crippen LogP) is 1.41. The third-order valence-electron chi connectivity index (χ3n) is 2.25. The number of ether oxygens (including phenoxy) is 1. The Labute approximate surface area is 87.6 Å². The molecule has 0 aliphatic carbocycles. The fraction of sp³-hybridized carbons (Fsp3) is 0.889. The highest BCUT2D eigenvalue weighted by Gasteiger charge is 2.33. The Hall–Kier alpha value is -0.0900. The van der Waals surface area contributed by atoms with Gasteiger partial charge in [-0.3, -0.25) is 4.79 Å². The van der Waals surface area contributed by atoms with Gasteiger partial charge < -0.3 is 9.64 Å². The second kappa shape index (κ2) is 4.42. The molecule has 1 aliphatic rings. The average Bonchev–Trinajstić information content (AvgIpc) is 2.03. The van der Waals surface area contributed by atoms with E-state index in [1.807, 2.05) is 18.7 Å². The summed E-state index contributed by atoms with van der Waals surface area (Å²) >= 11 is 3.28. The lowest BCUT2D eigenvalue weighted by Crippen LogP contribution is -2.55. The summed E-state index contributed by atoms with van der Waals surface area (Å²) in [6.45, 7) is 6.11. The van der Waals surface area contributed by atoms with Crippen LogP contribution in [-0.2, 0) is 9.53 Å². The van der Waals surface area contributed by atoms with Crippen LogP contribution in [0, 0.1) is 0 Å². The number of rotatable bonds is 2. The third-order valence-corrected chi connectivity index (χ3v) is 2.65. The zero-order valence-electron chi connectivity index (χ0n) is 8.18. The molecule has 4 heteroatoms. The number of morpholine rings is 1. The summed E-state index contributed by atoms with van der Waals surface area (Å²) in [5, 5.41) is 0.735. The molecule has 13 heavy (non-hydrogen) atoms. The molecule has 1 rings (SSSR count). The van der Waals surface area contributed by atoms with E-state index in [0.717, 1.165) is 11.9 Å². The number of halogens is 1. The van der Waals surface area contributed by atoms with E-state index in [4.69, 9.17) is 4.74 Å². The van der Waals surface area contributed by atoms with Gasteiger partial charge in [-0.15, -0.1) is 0 Å². The van der Waals surface area contributed by atoms with Crippen molar-refractivity contribution in [2.75, 3.05) is 25.1 Å². The molecule has 0 saturated carbocycles. The van der Waals surface area contributed by atoms with E-state index in [1.165, 1.54) is 0 Å². The molecule has 76 valence electrons. The minimum atomic E-state index is -0.141. The van der Waals surface area contributed by atoms with Crippen LogP contribution in [0.2, 0.25) is 0 Å². The molecular formula is C9H16BrNO2. The van der Waals surface area contributed by atoms with E-state index in [-0.39, 0.29) is 11.4 Å². The quantitative estimate of drug-likeness (QED) is 0.693. The molecular weight excluding hydrogens is 234 g/mol. The maximum atomic E-state index is 11.7. The molecule has 1 saturated heterocycles. The minimum absolute atomic E-state index is 0.141. The zero-order chi connectivity index (χ0) is 9.90. The molecule has 0 bridgehead atoms. The van der Waals surface area contributed by atoms with Crippen LogP contribution in [0.1, 0.15) is 20.3 Å². The lowest BCUT2D eigenvalue weighted by atomic mass is 10.0. The number of amides is 1. The highest BCUT2D eigenvalue weighted by atomic mass is 79.9. The predicted molar refractivity (Wildman–Crippen MR) is 55.0 cm³/mol. The monoisotopic (exact) mass is 249 g/mol. The van der Waals surface area contributed by atoms with Gasteiger partial charge in [0.2, 0.25) is 5.91 Å². The van der Waals surface area contributed by atoms with E-state index in [9.17, 15) is 4.79 Å². The van der Waals surface area contributed by atoms with Crippen LogP contribution in [-0.4, -0.2) is 41.4 Å². The zero-order valence-corrected chi connectivity index (χ0v) is 9.76. The summed E-state index contributed by atoms with van der Waals surface area (Å²) < 4.78 is 5.34. The van der Waals surface area contributed by atoms with Crippen molar-refractivity contribution < 1.29 is 9.53 Å². The Morgan fingerprint density at radius 2 is 2.31 bits per heavy atom. The summed E-state index contributed by atoms with van der Waals surface area (Å²) in [5.41, 5.74) is -0.141. The van der Waals surface area contributed by atoms with E-state index in [2.05, 4.69) is 15.9 Å². The molecule has 0 spiro atoms. The number of carbonyl (C=O) groups excluding carboxylic acids is 1. The molecule has 1 heterocycles. The first-order chi connectivity index (χ1) is 6.08. The Bertz CT molecular complexity index is 194. The smallest absolute Gasteiger partial charge is 0.224 e. The highest BCUT2D eigenvalue weighted by molar-refractivity contribution is 9.09. The van der Waals surface area contributed by atoms with E-state index in [1.54, 1.807) is 0 Å². The molecule has 0 N–H and O–H groups in total. The van der Waals surface area contributed by atoms with Gasteiger partial charge in [-0.1, -0.05) is 15.9 Å². The SMILES string of the molecule is CC1(C)COCCN1C(=O)CCBr. The van der Waals surface area contributed by atoms with Crippen molar-refractivity contribution in [1.29, 1.82) is 0 Å². The van der Waals surface area contributed by atoms with Crippen molar-refractivity contribution in [2.45, 2.75) is 25.8 Å². The summed E-state index contributed by atoms with van der Waals surface area (Å²) in [7, 11) is 0. The van der Waals surface area contributed by atoms with Gasteiger partial charge >= 0.3 is 0 Å². The fourth-order valence-corrected chi connectivity index (χ4v) is 1.88. The van der Waals surface area contributed by atoms with E-state index in [0.29, 0.717) is 19.6 Å². The van der Waals surface area contributed by atoms with Gasteiger partial charge in [0.15, 0.2) is 0 Å².